The highest BCUT2D eigenvalue weighted by Gasteiger charge is 2.18. The van der Waals surface area contributed by atoms with E-state index >= 15 is 0 Å². The molecule has 5 heteroatoms. The summed E-state index contributed by atoms with van der Waals surface area (Å²) in [6.07, 6.45) is 0. The van der Waals surface area contributed by atoms with Gasteiger partial charge in [0.05, 0.1) is 11.4 Å². The van der Waals surface area contributed by atoms with Crippen molar-refractivity contribution < 1.29 is 9.18 Å². The van der Waals surface area contributed by atoms with Gasteiger partial charge in [0.1, 0.15) is 11.5 Å². The minimum absolute atomic E-state index is 0.0639. The Kier molecular flexibility index (Phi) is 4.64. The van der Waals surface area contributed by atoms with Gasteiger partial charge in [0.25, 0.3) is 5.91 Å². The Morgan fingerprint density at radius 2 is 1.81 bits per heavy atom. The van der Waals surface area contributed by atoms with Gasteiger partial charge in [-0.25, -0.2) is 4.39 Å². The van der Waals surface area contributed by atoms with Crippen LogP contribution in [0, 0.1) is 12.7 Å². The number of aryl methyl sites for hydroxylation is 1. The molecule has 26 heavy (non-hydrogen) atoms. The van der Waals surface area contributed by atoms with Gasteiger partial charge in [-0.05, 0) is 36.1 Å². The van der Waals surface area contributed by atoms with E-state index in [1.807, 2.05) is 19.1 Å². The van der Waals surface area contributed by atoms with Crippen LogP contribution in [0.5, 0.6) is 0 Å². The maximum Gasteiger partial charge on any atom is 0.255 e. The zero-order chi connectivity index (χ0) is 18.9. The highest BCUT2D eigenvalue weighted by Crippen LogP contribution is 2.31. The van der Waals surface area contributed by atoms with Gasteiger partial charge in [-0.15, -0.1) is 0 Å². The molecule has 0 unspecified atom stereocenters. The molecule has 3 aromatic rings. The van der Waals surface area contributed by atoms with E-state index in [2.05, 4.69) is 48.4 Å². The molecule has 0 saturated carbocycles. The largest absolute Gasteiger partial charge is 0.319 e. The van der Waals surface area contributed by atoms with Crippen LogP contribution in [0.15, 0.2) is 48.5 Å². The zero-order valence-electron chi connectivity index (χ0n) is 15.4. The van der Waals surface area contributed by atoms with Crippen molar-refractivity contribution in [2.24, 2.45) is 0 Å². The molecule has 0 spiro atoms. The maximum atomic E-state index is 13.4. The van der Waals surface area contributed by atoms with Crippen LogP contribution in [-0.2, 0) is 5.41 Å². The van der Waals surface area contributed by atoms with Gasteiger partial charge in [0.15, 0.2) is 0 Å². The summed E-state index contributed by atoms with van der Waals surface area (Å²) in [5.74, 6) is -0.818. The maximum absolute atomic E-state index is 13.4. The van der Waals surface area contributed by atoms with Crippen molar-refractivity contribution in [1.82, 2.24) is 10.2 Å². The number of rotatable bonds is 3. The molecule has 1 aromatic heterocycles. The number of nitrogens with one attached hydrogen (secondary N) is 2. The molecule has 0 aliphatic carbocycles. The third-order valence-electron chi connectivity index (χ3n) is 4.30. The lowest BCUT2D eigenvalue weighted by Gasteiger charge is -2.19. The number of hydrogen-bond donors (Lipinski definition) is 2. The molecule has 2 aromatic carbocycles. The summed E-state index contributed by atoms with van der Waals surface area (Å²) in [5.41, 5.74) is 4.45. The molecule has 134 valence electrons. The molecule has 0 fully saturated rings. The molecule has 2 N–H and O–H groups in total. The molecule has 0 radical (unpaired) electrons. The molecule has 1 heterocycles. The van der Waals surface area contributed by atoms with Crippen molar-refractivity contribution in [2.75, 3.05) is 5.32 Å². The standard InChI is InChI=1S/C21H22FN3O/c1-13-18(23-20(26)15-6-5-7-17(22)12-15)19(25-24-13)14-8-10-16(11-9-14)21(2,3)4/h5-12H,1-4H3,(H,23,26)(H,24,25). The summed E-state index contributed by atoms with van der Waals surface area (Å²) in [6.45, 7) is 8.31. The minimum atomic E-state index is -0.445. The highest BCUT2D eigenvalue weighted by molar-refractivity contribution is 6.06. The van der Waals surface area contributed by atoms with Gasteiger partial charge in [0, 0.05) is 11.1 Å². The van der Waals surface area contributed by atoms with Crippen molar-refractivity contribution in [3.05, 3.63) is 71.2 Å². The predicted molar refractivity (Wildman–Crippen MR) is 102 cm³/mol. The number of H-pyrrole nitrogens is 1. The average Bonchev–Trinajstić information content (AvgIpc) is 2.95. The van der Waals surface area contributed by atoms with Gasteiger partial charge < -0.3 is 5.32 Å². The number of carbonyl (C=O) groups excluding carboxylic acids is 1. The number of anilines is 1. The zero-order valence-corrected chi connectivity index (χ0v) is 15.4. The minimum Gasteiger partial charge on any atom is -0.319 e. The topological polar surface area (TPSA) is 57.8 Å². The van der Waals surface area contributed by atoms with Crippen LogP contribution < -0.4 is 5.32 Å². The first-order valence-corrected chi connectivity index (χ1v) is 8.48. The summed E-state index contributed by atoms with van der Waals surface area (Å²) in [4.78, 5) is 12.5. The Morgan fingerprint density at radius 1 is 1.12 bits per heavy atom. The molecular weight excluding hydrogens is 329 g/mol. The third kappa shape index (κ3) is 3.67. The van der Waals surface area contributed by atoms with Crippen molar-refractivity contribution in [3.8, 4) is 11.3 Å². The number of hydrogen-bond acceptors (Lipinski definition) is 2. The van der Waals surface area contributed by atoms with Gasteiger partial charge >= 0.3 is 0 Å². The predicted octanol–water partition coefficient (Wildman–Crippen LogP) is 5.07. The molecular formula is C21H22FN3O. The summed E-state index contributed by atoms with van der Waals surface area (Å²) in [7, 11) is 0. The summed E-state index contributed by atoms with van der Waals surface area (Å²) in [5, 5.41) is 10.1. The smallest absolute Gasteiger partial charge is 0.255 e. The first kappa shape index (κ1) is 17.9. The van der Waals surface area contributed by atoms with Gasteiger partial charge in [-0.1, -0.05) is 51.1 Å². The van der Waals surface area contributed by atoms with Crippen LogP contribution in [-0.4, -0.2) is 16.1 Å². The number of nitrogens with zero attached hydrogens (tertiary/aromatic N) is 1. The number of carbonyl (C=O) groups is 1. The average molecular weight is 351 g/mol. The Hall–Kier alpha value is -2.95. The third-order valence-corrected chi connectivity index (χ3v) is 4.30. The van der Waals surface area contributed by atoms with Crippen LogP contribution >= 0.6 is 0 Å². The van der Waals surface area contributed by atoms with Crippen LogP contribution in [0.1, 0.15) is 42.4 Å². The normalized spacial score (nSPS) is 11.4. The second-order valence-electron chi connectivity index (χ2n) is 7.36. The van der Waals surface area contributed by atoms with E-state index in [-0.39, 0.29) is 16.9 Å². The van der Waals surface area contributed by atoms with Gasteiger partial charge in [-0.2, -0.15) is 5.10 Å². The fourth-order valence-electron chi connectivity index (χ4n) is 2.73. The number of aromatic amines is 1. The van der Waals surface area contributed by atoms with Crippen LogP contribution in [0.25, 0.3) is 11.3 Å². The van der Waals surface area contributed by atoms with Crippen molar-refractivity contribution in [3.63, 3.8) is 0 Å². The van der Waals surface area contributed by atoms with E-state index < -0.39 is 5.82 Å². The highest BCUT2D eigenvalue weighted by atomic mass is 19.1. The first-order chi connectivity index (χ1) is 12.3. The number of aromatic nitrogens is 2. The molecule has 3 rings (SSSR count). The fourth-order valence-corrected chi connectivity index (χ4v) is 2.73. The molecule has 0 aliphatic rings. The van der Waals surface area contributed by atoms with E-state index in [0.29, 0.717) is 11.4 Å². The summed E-state index contributed by atoms with van der Waals surface area (Å²) < 4.78 is 13.4. The van der Waals surface area contributed by atoms with Crippen LogP contribution in [0.4, 0.5) is 10.1 Å². The SMILES string of the molecule is Cc1[nH]nc(-c2ccc(C(C)(C)C)cc2)c1NC(=O)c1cccc(F)c1. The number of benzene rings is 2. The second kappa shape index (κ2) is 6.75. The molecule has 1 amide bonds. The summed E-state index contributed by atoms with van der Waals surface area (Å²) >= 11 is 0. The molecule has 0 aliphatic heterocycles. The van der Waals surface area contributed by atoms with Gasteiger partial charge in [0.2, 0.25) is 0 Å². The van der Waals surface area contributed by atoms with E-state index in [4.69, 9.17) is 0 Å². The monoisotopic (exact) mass is 351 g/mol. The quantitative estimate of drug-likeness (QED) is 0.692. The number of amides is 1. The van der Waals surface area contributed by atoms with Crippen LogP contribution in [0.3, 0.4) is 0 Å². The molecule has 0 saturated heterocycles. The Bertz CT molecular complexity index is 937. The fraction of sp³-hybridized carbons (Fsp3) is 0.238. The first-order valence-electron chi connectivity index (χ1n) is 8.48. The summed E-state index contributed by atoms with van der Waals surface area (Å²) in [6, 6.07) is 13.7. The van der Waals surface area contributed by atoms with Crippen molar-refractivity contribution in [2.45, 2.75) is 33.1 Å². The molecule has 0 bridgehead atoms. The number of halogens is 1. The molecule has 0 atom stereocenters. The lowest BCUT2D eigenvalue weighted by molar-refractivity contribution is 0.102. The Balaban J connectivity index is 1.91. The van der Waals surface area contributed by atoms with E-state index in [1.165, 1.54) is 23.8 Å². The lowest BCUT2D eigenvalue weighted by Crippen LogP contribution is -2.13. The second-order valence-corrected chi connectivity index (χ2v) is 7.36. The van der Waals surface area contributed by atoms with Crippen molar-refractivity contribution in [1.29, 1.82) is 0 Å². The van der Waals surface area contributed by atoms with Gasteiger partial charge in [-0.3, -0.25) is 9.89 Å². The van der Waals surface area contributed by atoms with E-state index in [1.54, 1.807) is 6.07 Å². The van der Waals surface area contributed by atoms with E-state index in [0.717, 1.165) is 11.3 Å². The lowest BCUT2D eigenvalue weighted by atomic mass is 9.86. The molecule has 4 nitrogen and oxygen atoms in total. The van der Waals surface area contributed by atoms with Crippen molar-refractivity contribution >= 4 is 11.6 Å². The Labute approximate surface area is 152 Å². The van der Waals surface area contributed by atoms with Crippen LogP contribution in [0.2, 0.25) is 0 Å². The van der Waals surface area contributed by atoms with E-state index in [9.17, 15) is 9.18 Å². The Morgan fingerprint density at radius 3 is 2.42 bits per heavy atom.